The van der Waals surface area contributed by atoms with Crippen molar-refractivity contribution in [3.63, 3.8) is 0 Å². The summed E-state index contributed by atoms with van der Waals surface area (Å²) in [6, 6.07) is 13.9. The number of nitrogens with zero attached hydrogens (tertiary/aromatic N) is 1. The number of benzene rings is 2. The first kappa shape index (κ1) is 20.7. The zero-order valence-corrected chi connectivity index (χ0v) is 16.0. The van der Waals surface area contributed by atoms with E-state index in [0.717, 1.165) is 17.0 Å². The topological polar surface area (TPSA) is 53.2 Å². The molecular formula is C21H16ClF3N2O2. The first-order valence-corrected chi connectivity index (χ1v) is 8.96. The number of nitrogens with one attached hydrogen (secondary N) is 1. The van der Waals surface area contributed by atoms with Crippen molar-refractivity contribution in [1.29, 1.82) is 0 Å². The molecule has 0 radical (unpaired) electrons. The van der Waals surface area contributed by atoms with Gasteiger partial charge >= 0.3 is 6.18 Å². The number of hydrogen-bond donors (Lipinski definition) is 1. The van der Waals surface area contributed by atoms with Gasteiger partial charge in [0.25, 0.3) is 11.5 Å². The average molecular weight is 421 g/mol. The van der Waals surface area contributed by atoms with E-state index >= 15 is 0 Å². The molecule has 1 amide bonds. The van der Waals surface area contributed by atoms with Crippen LogP contribution in [0.25, 0.3) is 0 Å². The maximum absolute atomic E-state index is 13.2. The van der Waals surface area contributed by atoms with E-state index in [-0.39, 0.29) is 17.8 Å². The predicted octanol–water partition coefficient (Wildman–Crippen LogP) is 5.20. The van der Waals surface area contributed by atoms with Crippen molar-refractivity contribution in [2.24, 2.45) is 0 Å². The molecule has 0 spiro atoms. The Kier molecular flexibility index (Phi) is 5.79. The van der Waals surface area contributed by atoms with Gasteiger partial charge < -0.3 is 9.88 Å². The fourth-order valence-corrected chi connectivity index (χ4v) is 3.05. The van der Waals surface area contributed by atoms with Crippen LogP contribution in [0.4, 0.5) is 18.9 Å². The molecule has 29 heavy (non-hydrogen) atoms. The number of carbonyl (C=O) groups is 1. The van der Waals surface area contributed by atoms with E-state index < -0.39 is 23.2 Å². The molecule has 0 aliphatic heterocycles. The van der Waals surface area contributed by atoms with Crippen molar-refractivity contribution < 1.29 is 18.0 Å². The molecule has 2 aromatic carbocycles. The van der Waals surface area contributed by atoms with Gasteiger partial charge in [-0.2, -0.15) is 13.2 Å². The Balaban J connectivity index is 2.09. The van der Waals surface area contributed by atoms with Crippen LogP contribution in [0, 0.1) is 6.92 Å². The monoisotopic (exact) mass is 420 g/mol. The van der Waals surface area contributed by atoms with Crippen LogP contribution in [-0.4, -0.2) is 10.9 Å². The zero-order valence-electron chi connectivity index (χ0n) is 15.3. The van der Waals surface area contributed by atoms with Gasteiger partial charge in [0.2, 0.25) is 0 Å². The second kappa shape index (κ2) is 8.13. The molecule has 3 aromatic rings. The molecule has 0 unspecified atom stereocenters. The number of rotatable bonds is 4. The van der Waals surface area contributed by atoms with Crippen molar-refractivity contribution in [1.82, 2.24) is 4.98 Å². The fraction of sp³-hybridized carbons (Fsp3) is 0.143. The summed E-state index contributed by atoms with van der Waals surface area (Å²) < 4.78 is 39.5. The van der Waals surface area contributed by atoms with Crippen molar-refractivity contribution in [3.05, 3.63) is 98.4 Å². The Bertz CT molecular complexity index is 1110. The third-order valence-corrected chi connectivity index (χ3v) is 4.48. The third-order valence-electron chi connectivity index (χ3n) is 4.25. The molecule has 1 N–H and O–H groups in total. The number of alkyl halides is 3. The van der Waals surface area contributed by atoms with Crippen LogP contribution in [0.1, 0.15) is 27.2 Å². The number of amides is 1. The lowest BCUT2D eigenvalue weighted by molar-refractivity contribution is -0.137. The number of aryl methyl sites for hydroxylation is 1. The molecule has 0 saturated heterocycles. The number of aromatic nitrogens is 1. The van der Waals surface area contributed by atoms with Gasteiger partial charge in [-0.1, -0.05) is 29.8 Å². The highest BCUT2D eigenvalue weighted by Crippen LogP contribution is 2.32. The van der Waals surface area contributed by atoms with Gasteiger partial charge in [0.1, 0.15) is 5.56 Å². The second-order valence-electron chi connectivity index (χ2n) is 6.45. The molecule has 150 valence electrons. The second-order valence-corrected chi connectivity index (χ2v) is 6.89. The Labute approximate surface area is 169 Å². The summed E-state index contributed by atoms with van der Waals surface area (Å²) in [5.41, 5.74) is -0.492. The molecule has 0 aliphatic carbocycles. The summed E-state index contributed by atoms with van der Waals surface area (Å²) in [5.74, 6) is -0.717. The minimum Gasteiger partial charge on any atom is -0.326 e. The SMILES string of the molecule is Cc1ccc(C(=O)N(Cc2cccc(Cl)c2)c2cccc(C(F)(F)F)c2)c(=O)[nH]1. The number of carbonyl (C=O) groups excluding carboxylic acids is 1. The van der Waals surface area contributed by atoms with Gasteiger partial charge in [0.05, 0.1) is 12.1 Å². The van der Waals surface area contributed by atoms with Crippen molar-refractivity contribution in [2.75, 3.05) is 4.90 Å². The molecule has 0 bridgehead atoms. The van der Waals surface area contributed by atoms with E-state index in [1.807, 2.05) is 0 Å². The van der Waals surface area contributed by atoms with Crippen molar-refractivity contribution in [3.8, 4) is 0 Å². The van der Waals surface area contributed by atoms with Gasteiger partial charge in [-0.15, -0.1) is 0 Å². The Morgan fingerprint density at radius 2 is 1.79 bits per heavy atom. The maximum Gasteiger partial charge on any atom is 0.416 e. The lowest BCUT2D eigenvalue weighted by Crippen LogP contribution is -2.34. The van der Waals surface area contributed by atoms with E-state index in [0.29, 0.717) is 16.3 Å². The molecule has 4 nitrogen and oxygen atoms in total. The Morgan fingerprint density at radius 1 is 1.07 bits per heavy atom. The Hall–Kier alpha value is -3.06. The van der Waals surface area contributed by atoms with Crippen LogP contribution >= 0.6 is 11.6 Å². The minimum atomic E-state index is -4.57. The average Bonchev–Trinajstić information content (AvgIpc) is 2.65. The molecule has 0 saturated carbocycles. The van der Waals surface area contributed by atoms with E-state index in [2.05, 4.69) is 4.98 Å². The quantitative estimate of drug-likeness (QED) is 0.630. The molecule has 8 heteroatoms. The van der Waals surface area contributed by atoms with Crippen LogP contribution in [0.2, 0.25) is 5.02 Å². The van der Waals surface area contributed by atoms with Gasteiger partial charge in [-0.05, 0) is 55.0 Å². The maximum atomic E-state index is 13.2. The molecule has 0 atom stereocenters. The summed E-state index contributed by atoms with van der Waals surface area (Å²) in [6.07, 6.45) is -4.57. The number of H-pyrrole nitrogens is 1. The third kappa shape index (κ3) is 4.86. The molecule has 0 fully saturated rings. The van der Waals surface area contributed by atoms with E-state index in [4.69, 9.17) is 11.6 Å². The number of anilines is 1. The summed E-state index contributed by atoms with van der Waals surface area (Å²) in [4.78, 5) is 29.0. The summed E-state index contributed by atoms with van der Waals surface area (Å²) in [5, 5.41) is 0.423. The molecule has 1 aromatic heterocycles. The number of halogens is 4. The highest BCUT2D eigenvalue weighted by molar-refractivity contribution is 6.30. The number of pyridine rings is 1. The summed E-state index contributed by atoms with van der Waals surface area (Å²) >= 11 is 5.99. The Morgan fingerprint density at radius 3 is 2.45 bits per heavy atom. The van der Waals surface area contributed by atoms with Gasteiger partial charge in [-0.25, -0.2) is 0 Å². The lowest BCUT2D eigenvalue weighted by Gasteiger charge is -2.24. The predicted molar refractivity (Wildman–Crippen MR) is 105 cm³/mol. The van der Waals surface area contributed by atoms with Crippen LogP contribution < -0.4 is 10.5 Å². The standard InChI is InChI=1S/C21H16ClF3N2O2/c1-13-8-9-18(19(28)26-13)20(29)27(12-14-4-2-6-16(22)10-14)17-7-3-5-15(11-17)21(23,24)25/h2-11H,12H2,1H3,(H,26,28). The smallest absolute Gasteiger partial charge is 0.326 e. The van der Waals surface area contributed by atoms with Crippen molar-refractivity contribution >= 4 is 23.2 Å². The van der Waals surface area contributed by atoms with Crippen LogP contribution in [0.3, 0.4) is 0 Å². The number of aromatic amines is 1. The first-order chi connectivity index (χ1) is 13.6. The minimum absolute atomic E-state index is 0.0183. The first-order valence-electron chi connectivity index (χ1n) is 8.58. The van der Waals surface area contributed by atoms with Crippen LogP contribution in [0.5, 0.6) is 0 Å². The molecule has 0 aliphatic rings. The van der Waals surface area contributed by atoms with Gasteiger partial charge in [0, 0.05) is 16.4 Å². The summed E-state index contributed by atoms with van der Waals surface area (Å²) in [6.45, 7) is 1.60. The zero-order chi connectivity index (χ0) is 21.2. The normalized spacial score (nSPS) is 11.3. The van der Waals surface area contributed by atoms with Crippen LogP contribution in [-0.2, 0) is 12.7 Å². The van der Waals surface area contributed by atoms with E-state index in [1.54, 1.807) is 37.3 Å². The van der Waals surface area contributed by atoms with Gasteiger partial charge in [0.15, 0.2) is 0 Å². The fourth-order valence-electron chi connectivity index (χ4n) is 2.83. The summed E-state index contributed by atoms with van der Waals surface area (Å²) in [7, 11) is 0. The molecular weight excluding hydrogens is 405 g/mol. The van der Waals surface area contributed by atoms with Gasteiger partial charge in [-0.3, -0.25) is 9.59 Å². The highest BCUT2D eigenvalue weighted by Gasteiger charge is 2.31. The van der Waals surface area contributed by atoms with E-state index in [1.165, 1.54) is 18.2 Å². The molecule has 1 heterocycles. The van der Waals surface area contributed by atoms with Crippen LogP contribution in [0.15, 0.2) is 65.5 Å². The van der Waals surface area contributed by atoms with Crippen molar-refractivity contribution in [2.45, 2.75) is 19.6 Å². The molecule has 3 rings (SSSR count). The van der Waals surface area contributed by atoms with E-state index in [9.17, 15) is 22.8 Å². The number of hydrogen-bond acceptors (Lipinski definition) is 2. The lowest BCUT2D eigenvalue weighted by atomic mass is 10.1. The highest BCUT2D eigenvalue weighted by atomic mass is 35.5. The largest absolute Gasteiger partial charge is 0.416 e.